The van der Waals surface area contributed by atoms with Crippen LogP contribution in [0.5, 0.6) is 0 Å². The largest absolute Gasteiger partial charge is 0.375 e. The summed E-state index contributed by atoms with van der Waals surface area (Å²) < 4.78 is 7.62. The first-order valence-corrected chi connectivity index (χ1v) is 11.1. The Hall–Kier alpha value is -2.16. The fourth-order valence-corrected chi connectivity index (χ4v) is 4.71. The lowest BCUT2D eigenvalue weighted by atomic mass is 10.2. The molecule has 0 spiro atoms. The van der Waals surface area contributed by atoms with E-state index in [9.17, 15) is 4.79 Å². The smallest absolute Gasteiger partial charge is 0.233 e. The van der Waals surface area contributed by atoms with Gasteiger partial charge in [-0.15, -0.1) is 21.5 Å². The van der Waals surface area contributed by atoms with Gasteiger partial charge in [-0.1, -0.05) is 48.2 Å². The Morgan fingerprint density at radius 3 is 2.86 bits per heavy atom. The lowest BCUT2D eigenvalue weighted by Gasteiger charge is -2.31. The zero-order valence-electron chi connectivity index (χ0n) is 15.7. The number of benzene rings is 1. The first-order chi connectivity index (χ1) is 13.7. The predicted octanol–water partition coefficient (Wildman–Crippen LogP) is 3.39. The normalized spacial score (nSPS) is 17.0. The molecule has 1 amide bonds. The Morgan fingerprint density at radius 2 is 2.11 bits per heavy atom. The zero-order chi connectivity index (χ0) is 19.3. The molecule has 3 heterocycles. The highest BCUT2D eigenvalue weighted by atomic mass is 32.2. The molecule has 1 fully saturated rings. The first-order valence-electron chi connectivity index (χ1n) is 9.24. The lowest BCUT2D eigenvalue weighted by Crippen LogP contribution is -2.45. The molecule has 1 atom stereocenters. The van der Waals surface area contributed by atoms with E-state index in [0.29, 0.717) is 32.0 Å². The number of morpholine rings is 1. The Kier molecular flexibility index (Phi) is 6.09. The number of rotatable bonds is 6. The van der Waals surface area contributed by atoms with E-state index in [0.717, 1.165) is 15.9 Å². The molecule has 4 rings (SSSR count). The van der Waals surface area contributed by atoms with E-state index in [1.807, 2.05) is 47.5 Å². The summed E-state index contributed by atoms with van der Waals surface area (Å²) >= 11 is 3.09. The van der Waals surface area contributed by atoms with E-state index in [1.54, 1.807) is 11.3 Å². The summed E-state index contributed by atoms with van der Waals surface area (Å²) in [6.45, 7) is 4.57. The average Bonchev–Trinajstić information content (AvgIpc) is 3.37. The lowest BCUT2D eigenvalue weighted by molar-refractivity contribution is -0.135. The van der Waals surface area contributed by atoms with Gasteiger partial charge in [0, 0.05) is 13.1 Å². The van der Waals surface area contributed by atoms with Gasteiger partial charge in [-0.3, -0.25) is 9.36 Å². The van der Waals surface area contributed by atoms with Crippen LogP contribution in [0.25, 0.3) is 10.7 Å². The van der Waals surface area contributed by atoms with Gasteiger partial charge in [0.05, 0.1) is 29.9 Å². The van der Waals surface area contributed by atoms with Crippen molar-refractivity contribution in [3.63, 3.8) is 0 Å². The van der Waals surface area contributed by atoms with Crippen molar-refractivity contribution in [1.29, 1.82) is 0 Å². The second-order valence-electron chi connectivity index (χ2n) is 6.67. The number of ether oxygens (including phenoxy) is 1. The minimum absolute atomic E-state index is 0.0925. The molecule has 0 bridgehead atoms. The molecule has 1 saturated heterocycles. The number of carbonyl (C=O) groups is 1. The van der Waals surface area contributed by atoms with Crippen LogP contribution in [-0.4, -0.2) is 57.1 Å². The highest BCUT2D eigenvalue weighted by Crippen LogP contribution is 2.28. The maximum Gasteiger partial charge on any atom is 0.233 e. The topological polar surface area (TPSA) is 60.2 Å². The summed E-state index contributed by atoms with van der Waals surface area (Å²) in [5.74, 6) is 1.31. The molecule has 6 nitrogen and oxygen atoms in total. The molecule has 8 heteroatoms. The van der Waals surface area contributed by atoms with Crippen molar-refractivity contribution in [1.82, 2.24) is 19.7 Å². The maximum atomic E-state index is 12.6. The van der Waals surface area contributed by atoms with Gasteiger partial charge < -0.3 is 9.64 Å². The minimum atomic E-state index is 0.0925. The van der Waals surface area contributed by atoms with E-state index >= 15 is 0 Å². The van der Waals surface area contributed by atoms with Crippen molar-refractivity contribution in [3.8, 4) is 10.7 Å². The monoisotopic (exact) mass is 414 g/mol. The van der Waals surface area contributed by atoms with Crippen molar-refractivity contribution >= 4 is 29.0 Å². The maximum absolute atomic E-state index is 12.6. The van der Waals surface area contributed by atoms with Gasteiger partial charge in [-0.05, 0) is 23.9 Å². The third kappa shape index (κ3) is 4.45. The van der Waals surface area contributed by atoms with Gasteiger partial charge in [-0.2, -0.15) is 0 Å². The van der Waals surface area contributed by atoms with Crippen LogP contribution >= 0.6 is 23.1 Å². The van der Waals surface area contributed by atoms with Crippen LogP contribution in [0, 0.1) is 0 Å². The number of nitrogens with zero attached hydrogens (tertiary/aromatic N) is 4. The molecule has 28 heavy (non-hydrogen) atoms. The fraction of sp³-hybridized carbons (Fsp3) is 0.350. The van der Waals surface area contributed by atoms with Crippen molar-refractivity contribution in [2.75, 3.05) is 25.4 Å². The predicted molar refractivity (Wildman–Crippen MR) is 112 cm³/mol. The summed E-state index contributed by atoms with van der Waals surface area (Å²) in [5.41, 5.74) is 1.18. The Balaban J connectivity index is 1.52. The third-order valence-electron chi connectivity index (χ3n) is 4.56. The van der Waals surface area contributed by atoms with Gasteiger partial charge in [0.1, 0.15) is 0 Å². The second kappa shape index (κ2) is 8.89. The molecule has 2 aromatic heterocycles. The zero-order valence-corrected chi connectivity index (χ0v) is 17.3. The molecule has 1 aromatic carbocycles. The van der Waals surface area contributed by atoms with Crippen molar-refractivity contribution in [2.45, 2.75) is 24.7 Å². The van der Waals surface area contributed by atoms with Gasteiger partial charge in [0.15, 0.2) is 11.0 Å². The van der Waals surface area contributed by atoms with E-state index in [2.05, 4.69) is 26.9 Å². The number of carbonyl (C=O) groups excluding carboxylic acids is 1. The molecule has 0 N–H and O–H groups in total. The number of amides is 1. The summed E-state index contributed by atoms with van der Waals surface area (Å²) in [7, 11) is 0. The minimum Gasteiger partial charge on any atom is -0.375 e. The number of thioether (sulfide) groups is 1. The van der Waals surface area contributed by atoms with Crippen LogP contribution in [0.15, 0.2) is 53.0 Å². The first kappa shape index (κ1) is 19.2. The average molecular weight is 415 g/mol. The second-order valence-corrected chi connectivity index (χ2v) is 8.56. The molecule has 146 valence electrons. The molecule has 1 unspecified atom stereocenters. The molecule has 3 aromatic rings. The molecule has 1 aliphatic heterocycles. The van der Waals surface area contributed by atoms with Crippen LogP contribution in [0.4, 0.5) is 0 Å². The van der Waals surface area contributed by atoms with Crippen LogP contribution in [0.2, 0.25) is 0 Å². The van der Waals surface area contributed by atoms with Crippen molar-refractivity contribution in [3.05, 3.63) is 53.4 Å². The van der Waals surface area contributed by atoms with Crippen LogP contribution in [-0.2, 0) is 16.1 Å². The summed E-state index contributed by atoms with van der Waals surface area (Å²) in [4.78, 5) is 15.6. The van der Waals surface area contributed by atoms with E-state index in [1.165, 1.54) is 17.3 Å². The van der Waals surface area contributed by atoms with Gasteiger partial charge >= 0.3 is 0 Å². The van der Waals surface area contributed by atoms with E-state index < -0.39 is 0 Å². The number of hydrogen-bond acceptors (Lipinski definition) is 6. The standard InChI is InChI=1S/C20H22N4O2S2/c1-15-12-23(9-10-26-15)18(25)14-28-20-22-21-19(17-8-5-11-27-17)24(20)13-16-6-3-2-4-7-16/h2-8,11,15H,9-10,12-14H2,1H3. The quantitative estimate of drug-likeness (QED) is 0.579. The molecular weight excluding hydrogens is 392 g/mol. The van der Waals surface area contributed by atoms with Crippen LogP contribution in [0.1, 0.15) is 12.5 Å². The van der Waals surface area contributed by atoms with Gasteiger partial charge in [-0.25, -0.2) is 0 Å². The molecular formula is C20H22N4O2S2. The summed E-state index contributed by atoms with van der Waals surface area (Å²) in [5, 5.41) is 11.6. The molecule has 1 aliphatic rings. The Labute approximate surface area is 172 Å². The van der Waals surface area contributed by atoms with Gasteiger partial charge in [0.25, 0.3) is 0 Å². The summed E-state index contributed by atoms with van der Waals surface area (Å²) in [6, 6.07) is 14.3. The molecule has 0 saturated carbocycles. The highest BCUT2D eigenvalue weighted by Gasteiger charge is 2.23. The Bertz CT molecular complexity index is 912. The SMILES string of the molecule is CC1CN(C(=O)CSc2nnc(-c3cccs3)n2Cc2ccccc2)CCO1. The number of hydrogen-bond donors (Lipinski definition) is 0. The molecule has 0 aliphatic carbocycles. The van der Waals surface area contributed by atoms with Crippen molar-refractivity contribution in [2.24, 2.45) is 0 Å². The number of aromatic nitrogens is 3. The van der Waals surface area contributed by atoms with Crippen molar-refractivity contribution < 1.29 is 9.53 Å². The Morgan fingerprint density at radius 1 is 1.25 bits per heavy atom. The number of thiophene rings is 1. The van der Waals surface area contributed by atoms with Gasteiger partial charge in [0.2, 0.25) is 5.91 Å². The van der Waals surface area contributed by atoms with E-state index in [-0.39, 0.29) is 12.0 Å². The fourth-order valence-electron chi connectivity index (χ4n) is 3.15. The highest BCUT2D eigenvalue weighted by molar-refractivity contribution is 7.99. The van der Waals surface area contributed by atoms with E-state index in [4.69, 9.17) is 4.74 Å². The third-order valence-corrected chi connectivity index (χ3v) is 6.38. The molecule has 0 radical (unpaired) electrons. The van der Waals surface area contributed by atoms with Crippen LogP contribution < -0.4 is 0 Å². The summed E-state index contributed by atoms with van der Waals surface area (Å²) in [6.07, 6.45) is 0.0925. The van der Waals surface area contributed by atoms with Crippen LogP contribution in [0.3, 0.4) is 0 Å².